The molecule has 0 N–H and O–H groups in total. The van der Waals surface area contributed by atoms with Crippen LogP contribution in [0.1, 0.15) is 0 Å². The van der Waals surface area contributed by atoms with Gasteiger partial charge in [-0.05, 0) is 59.3 Å². The van der Waals surface area contributed by atoms with Gasteiger partial charge in [0.1, 0.15) is 22.7 Å². The molecule has 0 atom stereocenters. The van der Waals surface area contributed by atoms with Gasteiger partial charge >= 0.3 is 0 Å². The molecule has 5 aromatic rings. The number of fused-ring (bicyclic) bond motifs is 6. The first kappa shape index (κ1) is 19.4. The highest BCUT2D eigenvalue weighted by molar-refractivity contribution is 6.11. The molecule has 0 radical (unpaired) electrons. The zero-order valence-corrected chi connectivity index (χ0v) is 17.1. The van der Waals surface area contributed by atoms with Crippen molar-refractivity contribution < 1.29 is 23.4 Å². The fourth-order valence-electron chi connectivity index (χ4n) is 3.82. The number of hydrogen-bond donors (Lipinski definition) is 0. The maximum Gasteiger partial charge on any atom is 0.200 e. The van der Waals surface area contributed by atoms with Gasteiger partial charge in [-0.1, -0.05) is 12.1 Å². The topological polar surface area (TPSA) is 67.1 Å². The van der Waals surface area contributed by atoms with Crippen LogP contribution in [0.15, 0.2) is 69.9 Å². The molecule has 0 bridgehead atoms. The van der Waals surface area contributed by atoms with Crippen LogP contribution in [0, 0.1) is 0 Å². The van der Waals surface area contributed by atoms with Gasteiger partial charge in [0.15, 0.2) is 13.6 Å². The number of methoxy groups -OCH3 is 2. The molecule has 6 nitrogen and oxygen atoms in total. The summed E-state index contributed by atoms with van der Waals surface area (Å²) in [5.74, 6) is 1.37. The first-order valence-electron chi connectivity index (χ1n) is 9.79. The lowest BCUT2D eigenvalue weighted by molar-refractivity contribution is 0.0510. The third-order valence-corrected chi connectivity index (χ3v) is 5.26. The molecule has 1 aromatic heterocycles. The van der Waals surface area contributed by atoms with E-state index in [4.69, 9.17) is 23.4 Å². The lowest BCUT2D eigenvalue weighted by Gasteiger charge is -2.10. The van der Waals surface area contributed by atoms with Crippen molar-refractivity contribution in [3.63, 3.8) is 0 Å². The molecular weight excluding hydrogens is 396 g/mol. The smallest absolute Gasteiger partial charge is 0.200 e. The van der Waals surface area contributed by atoms with Gasteiger partial charge < -0.3 is 23.4 Å². The minimum atomic E-state index is -0.0560. The maximum absolute atomic E-state index is 13.2. The number of benzene rings is 4. The molecule has 156 valence electrons. The Hall–Kier alpha value is -3.61. The Bertz CT molecular complexity index is 1380. The average molecular weight is 416 g/mol. The summed E-state index contributed by atoms with van der Waals surface area (Å²) in [5, 5.41) is 4.62. The van der Waals surface area contributed by atoms with Crippen molar-refractivity contribution >= 4 is 43.5 Å². The summed E-state index contributed by atoms with van der Waals surface area (Å²) in [6.07, 6.45) is 0. The van der Waals surface area contributed by atoms with Crippen LogP contribution >= 0.6 is 0 Å². The highest BCUT2D eigenvalue weighted by atomic mass is 16.7. The van der Waals surface area contributed by atoms with Crippen molar-refractivity contribution in [3.8, 4) is 11.5 Å². The molecule has 0 amide bonds. The van der Waals surface area contributed by atoms with Crippen LogP contribution in [0.5, 0.6) is 11.5 Å². The predicted octanol–water partition coefficient (Wildman–Crippen LogP) is 5.22. The standard InChI is InChI=1S/C25H20O6/c1-27-13-29-17-5-9-19-15(11-17)3-7-21-23(26)22-8-4-16-12-18(30-14-28-2)6-10-20(16)25(22)31-24(19)21/h3-12H,13-14H2,1-2H3. The van der Waals surface area contributed by atoms with E-state index in [0.29, 0.717) is 33.4 Å². The average Bonchev–Trinajstić information content (AvgIpc) is 2.80. The van der Waals surface area contributed by atoms with Crippen LogP contribution in [0.3, 0.4) is 0 Å². The van der Waals surface area contributed by atoms with Gasteiger partial charge in [-0.2, -0.15) is 0 Å². The van der Waals surface area contributed by atoms with Crippen molar-refractivity contribution in [2.75, 3.05) is 27.8 Å². The predicted molar refractivity (Wildman–Crippen MR) is 120 cm³/mol. The third-order valence-electron chi connectivity index (χ3n) is 5.26. The van der Waals surface area contributed by atoms with Crippen molar-refractivity contribution in [3.05, 3.63) is 70.9 Å². The highest BCUT2D eigenvalue weighted by Crippen LogP contribution is 2.33. The summed E-state index contributed by atoms with van der Waals surface area (Å²) < 4.78 is 27.4. The van der Waals surface area contributed by atoms with Crippen LogP contribution in [0.2, 0.25) is 0 Å². The van der Waals surface area contributed by atoms with Crippen molar-refractivity contribution in [1.82, 2.24) is 0 Å². The fraction of sp³-hybridized carbons (Fsp3) is 0.160. The van der Waals surface area contributed by atoms with E-state index in [1.54, 1.807) is 26.4 Å². The molecule has 0 saturated carbocycles. The molecule has 0 aliphatic heterocycles. The van der Waals surface area contributed by atoms with E-state index in [-0.39, 0.29) is 19.0 Å². The van der Waals surface area contributed by atoms with Gasteiger partial charge in [-0.25, -0.2) is 0 Å². The molecule has 4 aromatic carbocycles. The molecule has 0 aliphatic carbocycles. The minimum Gasteiger partial charge on any atom is -0.468 e. The van der Waals surface area contributed by atoms with Gasteiger partial charge in [0.05, 0.1) is 10.8 Å². The molecule has 0 saturated heterocycles. The summed E-state index contributed by atoms with van der Waals surface area (Å²) in [5.41, 5.74) is 1.06. The van der Waals surface area contributed by atoms with Crippen molar-refractivity contribution in [2.45, 2.75) is 0 Å². The van der Waals surface area contributed by atoms with Crippen molar-refractivity contribution in [1.29, 1.82) is 0 Å². The van der Waals surface area contributed by atoms with E-state index in [1.165, 1.54) is 0 Å². The lowest BCUT2D eigenvalue weighted by Crippen LogP contribution is -2.03. The zero-order valence-electron chi connectivity index (χ0n) is 17.1. The SMILES string of the molecule is COCOc1ccc2c(ccc3c(=O)c4ccc5cc(OCOC)ccc5c4oc32)c1. The zero-order chi connectivity index (χ0) is 21.4. The van der Waals surface area contributed by atoms with E-state index >= 15 is 0 Å². The first-order chi connectivity index (χ1) is 15.2. The molecule has 5 rings (SSSR count). The number of hydrogen-bond acceptors (Lipinski definition) is 6. The van der Waals surface area contributed by atoms with E-state index in [0.717, 1.165) is 21.5 Å². The summed E-state index contributed by atoms with van der Waals surface area (Å²) in [6.45, 7) is 0.335. The Balaban J connectivity index is 1.75. The Morgan fingerprint density at radius 3 is 1.55 bits per heavy atom. The molecule has 6 heteroatoms. The number of ether oxygens (including phenoxy) is 4. The first-order valence-corrected chi connectivity index (χ1v) is 9.79. The quantitative estimate of drug-likeness (QED) is 0.215. The van der Waals surface area contributed by atoms with Crippen LogP contribution in [0.4, 0.5) is 0 Å². The largest absolute Gasteiger partial charge is 0.468 e. The monoisotopic (exact) mass is 416 g/mol. The van der Waals surface area contributed by atoms with E-state index in [2.05, 4.69) is 0 Å². The summed E-state index contributed by atoms with van der Waals surface area (Å²) >= 11 is 0. The number of rotatable bonds is 6. The van der Waals surface area contributed by atoms with Gasteiger partial charge in [0, 0.05) is 25.0 Å². The Labute approximate surface area is 177 Å². The van der Waals surface area contributed by atoms with Crippen LogP contribution < -0.4 is 14.9 Å². The minimum absolute atomic E-state index is 0.0560. The van der Waals surface area contributed by atoms with Gasteiger partial charge in [-0.15, -0.1) is 0 Å². The third kappa shape index (κ3) is 3.36. The Morgan fingerprint density at radius 2 is 1.10 bits per heavy atom. The van der Waals surface area contributed by atoms with Gasteiger partial charge in [0.2, 0.25) is 5.43 Å². The Morgan fingerprint density at radius 1 is 0.645 bits per heavy atom. The van der Waals surface area contributed by atoms with Gasteiger partial charge in [-0.3, -0.25) is 4.79 Å². The van der Waals surface area contributed by atoms with Gasteiger partial charge in [0.25, 0.3) is 0 Å². The Kier molecular flexibility index (Phi) is 4.94. The van der Waals surface area contributed by atoms with E-state index in [1.807, 2.05) is 48.5 Å². The summed E-state index contributed by atoms with van der Waals surface area (Å²) in [6, 6.07) is 18.7. The van der Waals surface area contributed by atoms with E-state index < -0.39 is 0 Å². The second-order valence-electron chi connectivity index (χ2n) is 7.18. The lowest BCUT2D eigenvalue weighted by atomic mass is 10.0. The van der Waals surface area contributed by atoms with Crippen LogP contribution in [-0.2, 0) is 9.47 Å². The molecule has 0 aliphatic rings. The second kappa shape index (κ2) is 7.91. The highest BCUT2D eigenvalue weighted by Gasteiger charge is 2.14. The molecule has 31 heavy (non-hydrogen) atoms. The normalized spacial score (nSPS) is 11.5. The molecule has 0 fully saturated rings. The van der Waals surface area contributed by atoms with Crippen LogP contribution in [-0.4, -0.2) is 27.8 Å². The van der Waals surface area contributed by atoms with Crippen molar-refractivity contribution in [2.24, 2.45) is 0 Å². The van der Waals surface area contributed by atoms with Crippen LogP contribution in [0.25, 0.3) is 43.5 Å². The van der Waals surface area contributed by atoms with E-state index in [9.17, 15) is 4.79 Å². The molecular formula is C25H20O6. The summed E-state index contributed by atoms with van der Waals surface area (Å²) in [7, 11) is 3.15. The molecule has 0 unspecified atom stereocenters. The summed E-state index contributed by atoms with van der Waals surface area (Å²) in [4.78, 5) is 13.2. The second-order valence-corrected chi connectivity index (χ2v) is 7.18. The molecule has 0 spiro atoms. The molecule has 1 heterocycles. The maximum atomic E-state index is 13.2. The fourth-order valence-corrected chi connectivity index (χ4v) is 3.82.